The zero-order chi connectivity index (χ0) is 13.4. The highest BCUT2D eigenvalue weighted by atomic mass is 35.5. The van der Waals surface area contributed by atoms with Crippen molar-refractivity contribution in [3.05, 3.63) is 28.2 Å². The first-order valence-electron chi connectivity index (χ1n) is 5.57. The first-order valence-corrected chi connectivity index (χ1v) is 7.81. The van der Waals surface area contributed by atoms with Gasteiger partial charge in [-0.2, -0.15) is 0 Å². The van der Waals surface area contributed by atoms with Crippen molar-refractivity contribution in [3.63, 3.8) is 0 Å². The van der Waals surface area contributed by atoms with E-state index in [1.165, 1.54) is 12.1 Å². The quantitative estimate of drug-likeness (QED) is 0.881. The van der Waals surface area contributed by atoms with Gasteiger partial charge in [0.1, 0.15) is 4.90 Å². The summed E-state index contributed by atoms with van der Waals surface area (Å²) in [6.07, 6.45) is 2.68. The average Bonchev–Trinajstić information content (AvgIpc) is 2.23. The molecule has 0 amide bonds. The van der Waals surface area contributed by atoms with Crippen LogP contribution in [-0.2, 0) is 10.0 Å². The van der Waals surface area contributed by atoms with Crippen LogP contribution in [0.15, 0.2) is 23.1 Å². The third-order valence-electron chi connectivity index (χ3n) is 3.15. The molecule has 1 aliphatic rings. The molecule has 3 N–H and O–H groups in total. The van der Waals surface area contributed by atoms with Gasteiger partial charge in [-0.15, -0.1) is 12.4 Å². The van der Waals surface area contributed by atoms with Crippen molar-refractivity contribution in [1.29, 1.82) is 0 Å². The molecule has 0 aromatic heterocycles. The minimum Gasteiger partial charge on any atom is -0.324 e. The van der Waals surface area contributed by atoms with Gasteiger partial charge in [-0.25, -0.2) is 13.1 Å². The number of hydrogen-bond donors (Lipinski definition) is 2. The zero-order valence-corrected chi connectivity index (χ0v) is 13.2. The Kier molecular flexibility index (Phi) is 5.52. The summed E-state index contributed by atoms with van der Waals surface area (Å²) in [5, 5.41) is 0.212. The lowest BCUT2D eigenvalue weighted by Gasteiger charge is -2.38. The second-order valence-electron chi connectivity index (χ2n) is 4.59. The normalized spacial score (nSPS) is 17.4. The SMILES string of the molecule is Cl.NC1(CNS(=O)(=O)c2c(Cl)cccc2Cl)CCC1. The molecule has 108 valence electrons. The Hall–Kier alpha value is -0.0400. The van der Waals surface area contributed by atoms with Crippen LogP contribution in [0.3, 0.4) is 0 Å². The Morgan fingerprint density at radius 1 is 1.26 bits per heavy atom. The first-order chi connectivity index (χ1) is 8.34. The van der Waals surface area contributed by atoms with Gasteiger partial charge >= 0.3 is 0 Å². The number of benzene rings is 1. The monoisotopic (exact) mass is 344 g/mol. The summed E-state index contributed by atoms with van der Waals surface area (Å²) in [7, 11) is -3.72. The van der Waals surface area contributed by atoms with Crippen molar-refractivity contribution in [2.75, 3.05) is 6.54 Å². The second kappa shape index (κ2) is 6.16. The summed E-state index contributed by atoms with van der Waals surface area (Å²) in [5.74, 6) is 0. The molecule has 1 fully saturated rings. The molecule has 0 spiro atoms. The summed E-state index contributed by atoms with van der Waals surface area (Å²) in [6.45, 7) is 0.205. The van der Waals surface area contributed by atoms with Crippen LogP contribution in [-0.4, -0.2) is 20.5 Å². The molecule has 1 saturated carbocycles. The molecule has 8 heteroatoms. The van der Waals surface area contributed by atoms with Gasteiger partial charge < -0.3 is 5.73 Å². The number of rotatable bonds is 4. The Bertz CT molecular complexity index is 539. The second-order valence-corrected chi connectivity index (χ2v) is 7.11. The lowest BCUT2D eigenvalue weighted by Crippen LogP contribution is -2.54. The van der Waals surface area contributed by atoms with Gasteiger partial charge in [-0.05, 0) is 31.4 Å². The van der Waals surface area contributed by atoms with Crippen LogP contribution in [0.25, 0.3) is 0 Å². The molecule has 0 aliphatic heterocycles. The summed E-state index contributed by atoms with van der Waals surface area (Å²) < 4.78 is 26.7. The molecule has 4 nitrogen and oxygen atoms in total. The Labute approximate surface area is 129 Å². The maximum atomic E-state index is 12.1. The largest absolute Gasteiger partial charge is 0.324 e. The number of sulfonamides is 1. The molecule has 2 rings (SSSR count). The van der Waals surface area contributed by atoms with Gasteiger partial charge in [-0.3, -0.25) is 0 Å². The molecule has 19 heavy (non-hydrogen) atoms. The average molecular weight is 346 g/mol. The van der Waals surface area contributed by atoms with Gasteiger partial charge in [0.2, 0.25) is 10.0 Å². The number of nitrogens with one attached hydrogen (secondary N) is 1. The molecule has 0 bridgehead atoms. The smallest absolute Gasteiger partial charge is 0.243 e. The van der Waals surface area contributed by atoms with Gasteiger partial charge in [0.25, 0.3) is 0 Å². The fourth-order valence-electron chi connectivity index (χ4n) is 1.86. The van der Waals surface area contributed by atoms with Gasteiger partial charge in [-0.1, -0.05) is 29.3 Å². The van der Waals surface area contributed by atoms with E-state index in [1.54, 1.807) is 6.07 Å². The van der Waals surface area contributed by atoms with E-state index in [1.807, 2.05) is 0 Å². The molecule has 0 radical (unpaired) electrons. The maximum Gasteiger partial charge on any atom is 0.243 e. The van der Waals surface area contributed by atoms with E-state index in [9.17, 15) is 8.42 Å². The Morgan fingerprint density at radius 3 is 2.21 bits per heavy atom. The Balaban J connectivity index is 0.00000180. The van der Waals surface area contributed by atoms with Crippen LogP contribution in [0.4, 0.5) is 0 Å². The highest BCUT2D eigenvalue weighted by Gasteiger charge is 2.34. The predicted octanol–water partition coefficient (Wildman–Crippen LogP) is 2.57. The lowest BCUT2D eigenvalue weighted by molar-refractivity contribution is 0.251. The maximum absolute atomic E-state index is 12.1. The van der Waals surface area contributed by atoms with Gasteiger partial charge in [0.05, 0.1) is 10.0 Å². The number of nitrogens with two attached hydrogens (primary N) is 1. The highest BCUT2D eigenvalue weighted by Crippen LogP contribution is 2.31. The minimum atomic E-state index is -3.72. The number of hydrogen-bond acceptors (Lipinski definition) is 3. The van der Waals surface area contributed by atoms with E-state index in [4.69, 9.17) is 28.9 Å². The van der Waals surface area contributed by atoms with E-state index in [2.05, 4.69) is 4.72 Å². The molecule has 0 heterocycles. The predicted molar refractivity (Wildman–Crippen MR) is 79.7 cm³/mol. The van der Waals surface area contributed by atoms with E-state index >= 15 is 0 Å². The molecule has 0 atom stereocenters. The van der Waals surface area contributed by atoms with E-state index in [-0.39, 0.29) is 33.9 Å². The van der Waals surface area contributed by atoms with Crippen molar-refractivity contribution in [2.24, 2.45) is 5.73 Å². The lowest BCUT2D eigenvalue weighted by atomic mass is 9.78. The third kappa shape index (κ3) is 3.74. The van der Waals surface area contributed by atoms with Crippen molar-refractivity contribution in [1.82, 2.24) is 4.72 Å². The fourth-order valence-corrected chi connectivity index (χ4v) is 4.14. The topological polar surface area (TPSA) is 72.2 Å². The van der Waals surface area contributed by atoms with Crippen LogP contribution in [0.1, 0.15) is 19.3 Å². The summed E-state index contributed by atoms with van der Waals surface area (Å²) in [6, 6.07) is 4.58. The van der Waals surface area contributed by atoms with E-state index in [0.717, 1.165) is 19.3 Å². The summed E-state index contributed by atoms with van der Waals surface area (Å²) in [5.41, 5.74) is 5.54. The van der Waals surface area contributed by atoms with Crippen LogP contribution >= 0.6 is 35.6 Å². The molecular weight excluding hydrogens is 331 g/mol. The molecular formula is C11H15Cl3N2O2S. The van der Waals surface area contributed by atoms with Crippen LogP contribution in [0, 0.1) is 0 Å². The van der Waals surface area contributed by atoms with Crippen molar-refractivity contribution >= 4 is 45.6 Å². The van der Waals surface area contributed by atoms with Crippen LogP contribution < -0.4 is 10.5 Å². The van der Waals surface area contributed by atoms with E-state index < -0.39 is 15.6 Å². The molecule has 1 aromatic rings. The van der Waals surface area contributed by atoms with Crippen molar-refractivity contribution in [2.45, 2.75) is 29.7 Å². The first kappa shape index (κ1) is 17.0. The standard InChI is InChI=1S/C11H14Cl2N2O2S.ClH/c12-8-3-1-4-9(13)10(8)18(16,17)15-7-11(14)5-2-6-11;/h1,3-4,15H,2,5-7,14H2;1H. The van der Waals surface area contributed by atoms with Gasteiger partial charge in [0, 0.05) is 12.1 Å². The third-order valence-corrected chi connectivity index (χ3v) is 5.51. The van der Waals surface area contributed by atoms with Crippen LogP contribution in [0.5, 0.6) is 0 Å². The minimum absolute atomic E-state index is 0. The fraction of sp³-hybridized carbons (Fsp3) is 0.455. The van der Waals surface area contributed by atoms with Crippen molar-refractivity contribution < 1.29 is 8.42 Å². The molecule has 0 saturated heterocycles. The zero-order valence-electron chi connectivity index (χ0n) is 10.0. The molecule has 1 aromatic carbocycles. The highest BCUT2D eigenvalue weighted by molar-refractivity contribution is 7.89. The summed E-state index contributed by atoms with van der Waals surface area (Å²) in [4.78, 5) is -0.0868. The van der Waals surface area contributed by atoms with E-state index in [0.29, 0.717) is 0 Å². The van der Waals surface area contributed by atoms with Crippen molar-refractivity contribution in [3.8, 4) is 0 Å². The Morgan fingerprint density at radius 2 is 1.79 bits per heavy atom. The van der Waals surface area contributed by atoms with Crippen LogP contribution in [0.2, 0.25) is 10.0 Å². The van der Waals surface area contributed by atoms with Gasteiger partial charge in [0.15, 0.2) is 0 Å². The number of halogens is 3. The summed E-state index contributed by atoms with van der Waals surface area (Å²) >= 11 is 11.8. The molecule has 1 aliphatic carbocycles. The molecule has 0 unspecified atom stereocenters.